The van der Waals surface area contributed by atoms with E-state index in [0.29, 0.717) is 23.5 Å². The van der Waals surface area contributed by atoms with Gasteiger partial charge in [-0.15, -0.1) is 24.2 Å². The molecule has 1 aromatic carbocycles. The van der Waals surface area contributed by atoms with E-state index in [1.165, 1.54) is 61.0 Å². The lowest BCUT2D eigenvalue weighted by Crippen LogP contribution is -2.36. The third kappa shape index (κ3) is 7.81. The predicted octanol–water partition coefficient (Wildman–Crippen LogP) is 9.50. The molecule has 3 aliphatic heterocycles. The lowest BCUT2D eigenvalue weighted by Gasteiger charge is -2.41. The first kappa shape index (κ1) is 33.3. The summed E-state index contributed by atoms with van der Waals surface area (Å²) < 4.78 is 13.1. The second kappa shape index (κ2) is 14.8. The molecule has 0 amide bonds. The van der Waals surface area contributed by atoms with Crippen LogP contribution in [0.2, 0.25) is 0 Å². The number of fused-ring (bicyclic) bond motifs is 2. The van der Waals surface area contributed by atoms with E-state index in [1.807, 2.05) is 18.7 Å². The number of halogens is 1. The van der Waals surface area contributed by atoms with Crippen molar-refractivity contribution in [1.82, 2.24) is 4.90 Å². The molecule has 1 saturated heterocycles. The van der Waals surface area contributed by atoms with Gasteiger partial charge < -0.3 is 14.4 Å². The minimum absolute atomic E-state index is 0. The van der Waals surface area contributed by atoms with Gasteiger partial charge in [-0.3, -0.25) is 4.79 Å². The highest BCUT2D eigenvalue weighted by molar-refractivity contribution is 8.03. The number of carbonyl (C=O) groups is 1. The van der Waals surface area contributed by atoms with E-state index >= 15 is 0 Å². The van der Waals surface area contributed by atoms with Crippen molar-refractivity contribution >= 4 is 35.7 Å². The van der Waals surface area contributed by atoms with Gasteiger partial charge in [0, 0.05) is 4.91 Å². The Kier molecular flexibility index (Phi) is 12.4. The molecule has 0 bridgehead atoms. The second-order valence-corrected chi connectivity index (χ2v) is 14.2. The summed E-state index contributed by atoms with van der Waals surface area (Å²) in [6, 6.07) is 4.43. The number of hydrogen-bond acceptors (Lipinski definition) is 5. The van der Waals surface area contributed by atoms with Gasteiger partial charge >= 0.3 is 5.97 Å². The molecule has 0 spiro atoms. The summed E-state index contributed by atoms with van der Waals surface area (Å²) in [6.07, 6.45) is 10.9. The van der Waals surface area contributed by atoms with Crippen molar-refractivity contribution in [2.75, 3.05) is 25.4 Å². The average molecular weight is 592 g/mol. The van der Waals surface area contributed by atoms with Crippen LogP contribution in [0.15, 0.2) is 17.0 Å². The van der Waals surface area contributed by atoms with Crippen LogP contribution in [0, 0.1) is 17.8 Å². The van der Waals surface area contributed by atoms with E-state index in [1.54, 1.807) is 0 Å². The minimum Gasteiger partial charge on any atom is -0.482 e. The molecule has 4 unspecified atom stereocenters. The number of thioether (sulfide) groups is 1. The Morgan fingerprint density at radius 2 is 1.85 bits per heavy atom. The molecule has 4 nitrogen and oxygen atoms in total. The van der Waals surface area contributed by atoms with Crippen LogP contribution in [0.4, 0.5) is 0 Å². The second-order valence-electron chi connectivity index (χ2n) is 13.1. The van der Waals surface area contributed by atoms with E-state index in [0.717, 1.165) is 49.5 Å². The zero-order chi connectivity index (χ0) is 28.2. The normalized spacial score (nSPS) is 22.7. The van der Waals surface area contributed by atoms with Gasteiger partial charge in [0.1, 0.15) is 17.1 Å². The molecule has 4 atom stereocenters. The van der Waals surface area contributed by atoms with Gasteiger partial charge in [0.25, 0.3) is 0 Å². The topological polar surface area (TPSA) is 38.8 Å². The van der Waals surface area contributed by atoms with Gasteiger partial charge in [0.05, 0.1) is 11.5 Å². The van der Waals surface area contributed by atoms with Gasteiger partial charge in [0.15, 0.2) is 0 Å². The zero-order valence-electron chi connectivity index (χ0n) is 26.1. The van der Waals surface area contributed by atoms with Gasteiger partial charge in [0.2, 0.25) is 0 Å². The zero-order valence-corrected chi connectivity index (χ0v) is 27.8. The number of esters is 1. The Labute approximate surface area is 254 Å². The molecule has 0 N–H and O–H groups in total. The Hall–Kier alpha value is -1.17. The highest BCUT2D eigenvalue weighted by Gasteiger charge is 2.41. The van der Waals surface area contributed by atoms with Gasteiger partial charge in [-0.25, -0.2) is 0 Å². The van der Waals surface area contributed by atoms with Crippen molar-refractivity contribution in [2.45, 2.75) is 118 Å². The maximum Gasteiger partial charge on any atom is 0.314 e. The number of benzene rings is 1. The molecule has 1 fully saturated rings. The molecule has 0 saturated carbocycles. The quantitative estimate of drug-likeness (QED) is 0.145. The summed E-state index contributed by atoms with van der Waals surface area (Å²) in [5, 5.41) is 0. The van der Waals surface area contributed by atoms with Crippen molar-refractivity contribution in [2.24, 2.45) is 17.8 Å². The Balaban J connectivity index is 0.00000441. The number of likely N-dealkylation sites (tertiary alicyclic amines) is 1. The summed E-state index contributed by atoms with van der Waals surface area (Å²) >= 11 is 1.91. The first-order valence-electron chi connectivity index (χ1n) is 15.8. The fourth-order valence-electron chi connectivity index (χ4n) is 6.44. The number of piperidine rings is 1. The number of rotatable bonds is 11. The smallest absolute Gasteiger partial charge is 0.314 e. The lowest BCUT2D eigenvalue weighted by atomic mass is 9.81. The molecule has 4 rings (SSSR count). The molecule has 0 radical (unpaired) electrons. The molecular weight excluding hydrogens is 538 g/mol. The molecular formula is C34H54ClNO3S. The average Bonchev–Trinajstić information content (AvgIpc) is 2.91. The van der Waals surface area contributed by atoms with Crippen LogP contribution in [-0.2, 0) is 4.79 Å². The van der Waals surface area contributed by atoms with Gasteiger partial charge in [-0.05, 0) is 106 Å². The maximum absolute atomic E-state index is 13.5. The van der Waals surface area contributed by atoms with E-state index in [-0.39, 0.29) is 29.9 Å². The maximum atomic E-state index is 13.5. The summed E-state index contributed by atoms with van der Waals surface area (Å²) in [4.78, 5) is 17.3. The van der Waals surface area contributed by atoms with Crippen LogP contribution in [0.1, 0.15) is 123 Å². The summed E-state index contributed by atoms with van der Waals surface area (Å²) in [5.74, 6) is 3.79. The highest BCUT2D eigenvalue weighted by Crippen LogP contribution is 2.55. The van der Waals surface area contributed by atoms with E-state index in [2.05, 4.69) is 58.6 Å². The summed E-state index contributed by atoms with van der Waals surface area (Å²) in [7, 11) is 0. The monoisotopic (exact) mass is 591 g/mol. The van der Waals surface area contributed by atoms with Crippen molar-refractivity contribution in [1.29, 1.82) is 0 Å². The van der Waals surface area contributed by atoms with Crippen LogP contribution in [0.5, 0.6) is 11.5 Å². The van der Waals surface area contributed by atoms with Gasteiger partial charge in [-0.1, -0.05) is 66.7 Å². The van der Waals surface area contributed by atoms with E-state index in [4.69, 9.17) is 9.47 Å². The molecule has 226 valence electrons. The number of hydrogen-bond donors (Lipinski definition) is 0. The standard InChI is InChI=1S/C34H53NO3S.ClH/c1-8-9-11-14-23(2)26(5)27-21-28(37-33(36)25(4)15-19-35-17-12-10-13-18-35)31-29(22-27)38-34(6,7)32-30(31)24(3)16-20-39-32;/h21-26H,8-20H2,1-7H3;1H. The van der Waals surface area contributed by atoms with Crippen LogP contribution < -0.4 is 9.47 Å². The van der Waals surface area contributed by atoms with Crippen LogP contribution >= 0.6 is 24.2 Å². The lowest BCUT2D eigenvalue weighted by molar-refractivity contribution is -0.138. The third-order valence-electron chi connectivity index (χ3n) is 9.39. The summed E-state index contributed by atoms with van der Waals surface area (Å²) in [5.41, 5.74) is 3.20. The highest BCUT2D eigenvalue weighted by atomic mass is 35.5. The fourth-order valence-corrected chi connectivity index (χ4v) is 7.97. The van der Waals surface area contributed by atoms with Crippen LogP contribution in [0.3, 0.4) is 0 Å². The number of allylic oxidation sites excluding steroid dienone is 1. The molecule has 3 heterocycles. The van der Waals surface area contributed by atoms with E-state index in [9.17, 15) is 4.79 Å². The van der Waals surface area contributed by atoms with E-state index < -0.39 is 0 Å². The fraction of sp³-hybridized carbons (Fsp3) is 0.735. The number of unbranched alkanes of at least 4 members (excludes halogenated alkanes) is 2. The first-order valence-corrected chi connectivity index (χ1v) is 16.8. The summed E-state index contributed by atoms with van der Waals surface area (Å²) in [6.45, 7) is 19.0. The Bertz CT molecular complexity index is 1030. The van der Waals surface area contributed by atoms with Crippen molar-refractivity contribution in [3.8, 4) is 11.5 Å². The third-order valence-corrected chi connectivity index (χ3v) is 10.8. The number of nitrogens with zero attached hydrogens (tertiary/aromatic N) is 1. The molecule has 40 heavy (non-hydrogen) atoms. The number of carbonyl (C=O) groups excluding carboxylic acids is 1. The first-order chi connectivity index (χ1) is 18.6. The Morgan fingerprint density at radius 1 is 1.12 bits per heavy atom. The number of ether oxygens (including phenoxy) is 2. The van der Waals surface area contributed by atoms with Crippen molar-refractivity contribution in [3.63, 3.8) is 0 Å². The van der Waals surface area contributed by atoms with Crippen LogP contribution in [0.25, 0.3) is 5.57 Å². The molecule has 0 aliphatic carbocycles. The largest absolute Gasteiger partial charge is 0.482 e. The van der Waals surface area contributed by atoms with Crippen LogP contribution in [-0.4, -0.2) is 41.9 Å². The minimum atomic E-state index is -0.376. The molecule has 6 heteroatoms. The SMILES string of the molecule is CCCCCC(C)C(C)c1cc(OC(=O)C(C)CCN2CCCCC2)c2c(c1)OC(C)(C)C1=C2C(C)CCS1.Cl. The van der Waals surface area contributed by atoms with Crippen molar-refractivity contribution in [3.05, 3.63) is 28.2 Å². The molecule has 1 aromatic rings. The van der Waals surface area contributed by atoms with Gasteiger partial charge in [-0.2, -0.15) is 0 Å². The molecule has 3 aliphatic rings. The van der Waals surface area contributed by atoms with Crippen molar-refractivity contribution < 1.29 is 14.3 Å². The Morgan fingerprint density at radius 3 is 2.55 bits per heavy atom. The molecule has 0 aromatic heterocycles. The predicted molar refractivity (Wildman–Crippen MR) is 173 cm³/mol.